The minimum absolute atomic E-state index is 0.246. The van der Waals surface area contributed by atoms with Crippen molar-refractivity contribution in [1.82, 2.24) is 20.2 Å². The van der Waals surface area contributed by atoms with E-state index in [-0.39, 0.29) is 5.28 Å². The van der Waals surface area contributed by atoms with Crippen molar-refractivity contribution in [2.75, 3.05) is 5.32 Å². The second kappa shape index (κ2) is 4.63. The Balaban J connectivity index is 1.80. The molecule has 2 aromatic heterocycles. The van der Waals surface area contributed by atoms with E-state index in [1.165, 1.54) is 12.8 Å². The number of H-pyrrole nitrogens is 1. The van der Waals surface area contributed by atoms with E-state index in [0.29, 0.717) is 17.1 Å². The Morgan fingerprint density at radius 2 is 2.05 bits per heavy atom. The van der Waals surface area contributed by atoms with Crippen molar-refractivity contribution < 1.29 is 0 Å². The van der Waals surface area contributed by atoms with Crippen molar-refractivity contribution >= 4 is 28.5 Å². The van der Waals surface area contributed by atoms with E-state index in [0.717, 1.165) is 24.0 Å². The number of aromatic nitrogens is 4. The van der Waals surface area contributed by atoms with E-state index in [4.69, 9.17) is 11.6 Å². The molecule has 5 nitrogen and oxygen atoms in total. The SMILES string of the molecule is CC1(C)CCC(Nc2nc(Cl)nc3[nH]ncc23)CC1. The number of nitrogens with zero attached hydrogens (tertiary/aromatic N) is 3. The van der Waals surface area contributed by atoms with E-state index in [1.54, 1.807) is 6.20 Å². The summed E-state index contributed by atoms with van der Waals surface area (Å²) < 4.78 is 0. The first-order valence-electron chi connectivity index (χ1n) is 6.67. The molecule has 1 aliphatic rings. The number of nitrogens with one attached hydrogen (secondary N) is 2. The lowest BCUT2D eigenvalue weighted by Gasteiger charge is -2.34. The summed E-state index contributed by atoms with van der Waals surface area (Å²) in [4.78, 5) is 8.40. The molecular weight excluding hydrogens is 262 g/mol. The highest BCUT2D eigenvalue weighted by atomic mass is 35.5. The van der Waals surface area contributed by atoms with Gasteiger partial charge in [-0.05, 0) is 42.7 Å². The summed E-state index contributed by atoms with van der Waals surface area (Å²) in [5, 5.41) is 11.5. The standard InChI is InChI=1S/C13H18ClN5/c1-13(2)5-3-8(4-6-13)16-10-9-7-15-19-11(9)18-12(14)17-10/h7-8H,3-6H2,1-2H3,(H2,15,16,17,18,19). The third-order valence-corrected chi connectivity index (χ3v) is 4.13. The fourth-order valence-electron chi connectivity index (χ4n) is 2.65. The molecule has 0 unspecified atom stereocenters. The summed E-state index contributed by atoms with van der Waals surface area (Å²) in [6.07, 6.45) is 6.53. The van der Waals surface area contributed by atoms with Gasteiger partial charge in [0.05, 0.1) is 11.6 Å². The Kier molecular flexibility index (Phi) is 3.09. The molecule has 2 aromatic rings. The monoisotopic (exact) mass is 279 g/mol. The Morgan fingerprint density at radius 1 is 1.32 bits per heavy atom. The molecule has 2 heterocycles. The van der Waals surface area contributed by atoms with Crippen molar-refractivity contribution in [1.29, 1.82) is 0 Å². The molecule has 0 spiro atoms. The molecule has 1 fully saturated rings. The van der Waals surface area contributed by atoms with Crippen LogP contribution in [0.15, 0.2) is 6.20 Å². The highest BCUT2D eigenvalue weighted by Crippen LogP contribution is 2.36. The first-order chi connectivity index (χ1) is 9.03. The third-order valence-electron chi connectivity index (χ3n) is 3.96. The van der Waals surface area contributed by atoms with Gasteiger partial charge in [-0.15, -0.1) is 0 Å². The van der Waals surface area contributed by atoms with Gasteiger partial charge < -0.3 is 5.32 Å². The molecule has 19 heavy (non-hydrogen) atoms. The van der Waals surface area contributed by atoms with Crippen LogP contribution in [-0.4, -0.2) is 26.2 Å². The minimum Gasteiger partial charge on any atom is -0.367 e. The number of anilines is 1. The van der Waals surface area contributed by atoms with Gasteiger partial charge in [-0.2, -0.15) is 15.1 Å². The number of hydrogen-bond acceptors (Lipinski definition) is 4. The largest absolute Gasteiger partial charge is 0.367 e. The maximum atomic E-state index is 5.93. The Labute approximate surface area is 117 Å². The van der Waals surface area contributed by atoms with Crippen molar-refractivity contribution in [3.8, 4) is 0 Å². The molecule has 0 saturated heterocycles. The quantitative estimate of drug-likeness (QED) is 0.827. The van der Waals surface area contributed by atoms with Crippen molar-refractivity contribution in [2.45, 2.75) is 45.6 Å². The van der Waals surface area contributed by atoms with Gasteiger partial charge in [0.2, 0.25) is 5.28 Å². The maximum absolute atomic E-state index is 5.93. The molecule has 3 rings (SSSR count). The molecule has 0 atom stereocenters. The van der Waals surface area contributed by atoms with Crippen LogP contribution in [-0.2, 0) is 0 Å². The second-order valence-corrected chi connectivity index (χ2v) is 6.39. The summed E-state index contributed by atoms with van der Waals surface area (Å²) in [5.41, 5.74) is 1.14. The summed E-state index contributed by atoms with van der Waals surface area (Å²) in [7, 11) is 0. The summed E-state index contributed by atoms with van der Waals surface area (Å²) in [6, 6.07) is 0.456. The van der Waals surface area contributed by atoms with E-state index in [9.17, 15) is 0 Å². The Morgan fingerprint density at radius 3 is 2.79 bits per heavy atom. The minimum atomic E-state index is 0.246. The molecule has 1 saturated carbocycles. The van der Waals surface area contributed by atoms with Crippen LogP contribution < -0.4 is 5.32 Å². The van der Waals surface area contributed by atoms with Crippen LogP contribution in [0.25, 0.3) is 11.0 Å². The van der Waals surface area contributed by atoms with Crippen LogP contribution in [0, 0.1) is 5.41 Å². The summed E-state index contributed by atoms with van der Waals surface area (Å²) >= 11 is 5.93. The zero-order valence-corrected chi connectivity index (χ0v) is 12.0. The second-order valence-electron chi connectivity index (χ2n) is 6.06. The predicted molar refractivity (Wildman–Crippen MR) is 76.4 cm³/mol. The Hall–Kier alpha value is -1.36. The third kappa shape index (κ3) is 2.66. The van der Waals surface area contributed by atoms with Crippen molar-refractivity contribution in [2.24, 2.45) is 5.41 Å². The van der Waals surface area contributed by atoms with Crippen LogP contribution in [0.4, 0.5) is 5.82 Å². The average molecular weight is 280 g/mol. The van der Waals surface area contributed by atoms with Crippen LogP contribution in [0.5, 0.6) is 0 Å². The first-order valence-corrected chi connectivity index (χ1v) is 7.04. The van der Waals surface area contributed by atoms with Gasteiger partial charge in [0.1, 0.15) is 5.82 Å². The summed E-state index contributed by atoms with van der Waals surface area (Å²) in [5.74, 6) is 0.786. The van der Waals surface area contributed by atoms with Crippen LogP contribution in [0.1, 0.15) is 39.5 Å². The molecule has 2 N–H and O–H groups in total. The maximum Gasteiger partial charge on any atom is 0.226 e. The van der Waals surface area contributed by atoms with Crippen LogP contribution >= 0.6 is 11.6 Å². The molecule has 0 amide bonds. The molecule has 0 aliphatic heterocycles. The summed E-state index contributed by atoms with van der Waals surface area (Å²) in [6.45, 7) is 4.66. The lowest BCUT2D eigenvalue weighted by atomic mass is 9.75. The molecule has 0 aromatic carbocycles. The normalized spacial score (nSPS) is 19.7. The molecule has 0 radical (unpaired) electrons. The van der Waals surface area contributed by atoms with Gasteiger partial charge in [-0.25, -0.2) is 0 Å². The van der Waals surface area contributed by atoms with Gasteiger partial charge in [0.25, 0.3) is 0 Å². The zero-order chi connectivity index (χ0) is 13.5. The number of fused-ring (bicyclic) bond motifs is 1. The van der Waals surface area contributed by atoms with Gasteiger partial charge in [-0.1, -0.05) is 13.8 Å². The highest BCUT2D eigenvalue weighted by Gasteiger charge is 2.27. The fraction of sp³-hybridized carbons (Fsp3) is 0.615. The molecule has 0 bridgehead atoms. The number of aromatic amines is 1. The molecule has 6 heteroatoms. The van der Waals surface area contributed by atoms with E-state index < -0.39 is 0 Å². The van der Waals surface area contributed by atoms with Gasteiger partial charge in [0.15, 0.2) is 5.65 Å². The van der Waals surface area contributed by atoms with E-state index in [1.807, 2.05) is 0 Å². The van der Waals surface area contributed by atoms with Gasteiger partial charge in [0, 0.05) is 6.04 Å². The Bertz CT molecular complexity index is 582. The smallest absolute Gasteiger partial charge is 0.226 e. The van der Waals surface area contributed by atoms with E-state index in [2.05, 4.69) is 39.3 Å². The van der Waals surface area contributed by atoms with Crippen molar-refractivity contribution in [3.63, 3.8) is 0 Å². The lowest BCUT2D eigenvalue weighted by Crippen LogP contribution is -2.30. The molecule has 1 aliphatic carbocycles. The average Bonchev–Trinajstić information content (AvgIpc) is 2.80. The first kappa shape index (κ1) is 12.7. The fourth-order valence-corrected chi connectivity index (χ4v) is 2.82. The van der Waals surface area contributed by atoms with Gasteiger partial charge in [-0.3, -0.25) is 5.10 Å². The van der Waals surface area contributed by atoms with Gasteiger partial charge >= 0.3 is 0 Å². The van der Waals surface area contributed by atoms with Crippen molar-refractivity contribution in [3.05, 3.63) is 11.5 Å². The molecule has 102 valence electrons. The lowest BCUT2D eigenvalue weighted by molar-refractivity contribution is 0.232. The molecular formula is C13H18ClN5. The number of hydrogen-bond donors (Lipinski definition) is 2. The predicted octanol–water partition coefficient (Wildman–Crippen LogP) is 3.39. The topological polar surface area (TPSA) is 66.5 Å². The number of halogens is 1. The van der Waals surface area contributed by atoms with Crippen LogP contribution in [0.2, 0.25) is 5.28 Å². The zero-order valence-electron chi connectivity index (χ0n) is 11.2. The number of rotatable bonds is 2. The van der Waals surface area contributed by atoms with E-state index >= 15 is 0 Å². The van der Waals surface area contributed by atoms with Crippen LogP contribution in [0.3, 0.4) is 0 Å². The highest BCUT2D eigenvalue weighted by molar-refractivity contribution is 6.28.